The molecule has 1 aromatic heterocycles. The topological polar surface area (TPSA) is 19.7 Å². The van der Waals surface area contributed by atoms with Crippen molar-refractivity contribution < 1.29 is 4.57 Å². The average molecular weight is 308 g/mol. The fourth-order valence-electron chi connectivity index (χ4n) is 3.41. The molecule has 0 saturated heterocycles. The fourth-order valence-corrected chi connectivity index (χ4v) is 3.41. The smallest absolute Gasteiger partial charge is 0.247 e. The van der Waals surface area contributed by atoms with Crippen molar-refractivity contribution in [2.24, 2.45) is 7.05 Å². The van der Waals surface area contributed by atoms with Crippen molar-refractivity contribution in [2.75, 3.05) is 0 Å². The molecular formula is C20H39N2+. The minimum Gasteiger partial charge on any atom is -0.247 e. The van der Waals surface area contributed by atoms with Gasteiger partial charge < -0.3 is 0 Å². The molecule has 1 N–H and O–H groups in total. The highest BCUT2D eigenvalue weighted by Crippen LogP contribution is 2.25. The van der Waals surface area contributed by atoms with Crippen LogP contribution in [0.15, 0.2) is 12.4 Å². The number of rotatable bonds is 14. The Morgan fingerprint density at radius 1 is 0.818 bits per heavy atom. The lowest BCUT2D eigenvalue weighted by Gasteiger charge is -2.13. The van der Waals surface area contributed by atoms with E-state index in [1.807, 2.05) is 0 Å². The summed E-state index contributed by atoms with van der Waals surface area (Å²) < 4.78 is 2.29. The summed E-state index contributed by atoms with van der Waals surface area (Å²) in [4.78, 5) is 3.48. The molecule has 2 heteroatoms. The first-order chi connectivity index (χ1) is 10.8. The van der Waals surface area contributed by atoms with E-state index in [0.29, 0.717) is 0 Å². The molecule has 0 fully saturated rings. The van der Waals surface area contributed by atoms with Crippen LogP contribution >= 0.6 is 0 Å². The van der Waals surface area contributed by atoms with Crippen molar-refractivity contribution in [3.63, 3.8) is 0 Å². The Balaban J connectivity index is 2.31. The van der Waals surface area contributed by atoms with Crippen molar-refractivity contribution in [1.82, 2.24) is 4.98 Å². The number of hydrogen-bond donors (Lipinski definition) is 1. The summed E-state index contributed by atoms with van der Waals surface area (Å²) in [5, 5.41) is 0. The van der Waals surface area contributed by atoms with Crippen LogP contribution in [0.4, 0.5) is 0 Å². The van der Waals surface area contributed by atoms with E-state index >= 15 is 0 Å². The van der Waals surface area contributed by atoms with Gasteiger partial charge >= 0.3 is 0 Å². The number of hydrogen-bond acceptors (Lipinski definition) is 0. The van der Waals surface area contributed by atoms with Crippen LogP contribution in [0.1, 0.15) is 109 Å². The maximum absolute atomic E-state index is 3.48. The highest BCUT2D eigenvalue weighted by molar-refractivity contribution is 4.89. The van der Waals surface area contributed by atoms with Gasteiger partial charge in [-0.25, -0.2) is 9.55 Å². The summed E-state index contributed by atoms with van der Waals surface area (Å²) in [6.07, 6.45) is 22.3. The summed E-state index contributed by atoms with van der Waals surface area (Å²) in [6, 6.07) is 0. The standard InChI is InChI=1S/C20H38N2/c1-4-6-8-10-12-14-16-19(15-13-11-9-7-5-2)20-21-17-18-22(20)3/h17-19H,4-16H2,1-3H3/p+1/t19-/m0/s1. The average Bonchev–Trinajstić information content (AvgIpc) is 2.94. The third-order valence-corrected chi connectivity index (χ3v) is 4.86. The van der Waals surface area contributed by atoms with Gasteiger partial charge in [-0.15, -0.1) is 0 Å². The van der Waals surface area contributed by atoms with Crippen LogP contribution in [0, 0.1) is 0 Å². The molecule has 22 heavy (non-hydrogen) atoms. The van der Waals surface area contributed by atoms with Gasteiger partial charge in [0.25, 0.3) is 5.82 Å². The zero-order valence-corrected chi connectivity index (χ0v) is 15.4. The number of unbranched alkanes of at least 4 members (excludes halogenated alkanes) is 9. The molecule has 0 spiro atoms. The number of aromatic amines is 1. The quantitative estimate of drug-likeness (QED) is 0.319. The summed E-state index contributed by atoms with van der Waals surface area (Å²) in [7, 11) is 2.18. The normalized spacial score (nSPS) is 12.7. The Hall–Kier alpha value is -0.790. The van der Waals surface area contributed by atoms with E-state index in [1.165, 1.54) is 89.3 Å². The second kappa shape index (κ2) is 12.7. The number of aryl methyl sites for hydroxylation is 1. The molecule has 1 aromatic rings. The van der Waals surface area contributed by atoms with Crippen molar-refractivity contribution in [2.45, 2.75) is 103 Å². The molecular weight excluding hydrogens is 268 g/mol. The summed E-state index contributed by atoms with van der Waals surface area (Å²) in [5.74, 6) is 2.16. The molecule has 2 nitrogen and oxygen atoms in total. The Morgan fingerprint density at radius 3 is 1.77 bits per heavy atom. The van der Waals surface area contributed by atoms with Gasteiger partial charge in [0.2, 0.25) is 0 Å². The van der Waals surface area contributed by atoms with Crippen LogP contribution in [-0.2, 0) is 7.05 Å². The second-order valence-corrected chi connectivity index (χ2v) is 6.91. The molecule has 0 aliphatic rings. The van der Waals surface area contributed by atoms with E-state index in [0.717, 1.165) is 5.92 Å². The number of nitrogens with one attached hydrogen (secondary N) is 1. The molecule has 1 atom stereocenters. The highest BCUT2D eigenvalue weighted by Gasteiger charge is 2.20. The monoisotopic (exact) mass is 307 g/mol. The van der Waals surface area contributed by atoms with Crippen LogP contribution in [0.3, 0.4) is 0 Å². The molecule has 128 valence electrons. The van der Waals surface area contributed by atoms with Crippen molar-refractivity contribution in [1.29, 1.82) is 0 Å². The third-order valence-electron chi connectivity index (χ3n) is 4.86. The van der Waals surface area contributed by atoms with E-state index in [1.54, 1.807) is 0 Å². The first-order valence-corrected chi connectivity index (χ1v) is 9.82. The third kappa shape index (κ3) is 8.00. The predicted molar refractivity (Wildman–Crippen MR) is 96.1 cm³/mol. The first-order valence-electron chi connectivity index (χ1n) is 9.82. The molecule has 0 radical (unpaired) electrons. The molecule has 0 amide bonds. The minimum atomic E-state index is 0.729. The molecule has 0 aromatic carbocycles. The lowest BCUT2D eigenvalue weighted by atomic mass is 9.93. The van der Waals surface area contributed by atoms with E-state index in [9.17, 15) is 0 Å². The van der Waals surface area contributed by atoms with Gasteiger partial charge in [0.1, 0.15) is 12.4 Å². The summed E-state index contributed by atoms with van der Waals surface area (Å²) >= 11 is 0. The number of aromatic nitrogens is 2. The lowest BCUT2D eigenvalue weighted by Crippen LogP contribution is -2.32. The fraction of sp³-hybridized carbons (Fsp3) is 0.850. The van der Waals surface area contributed by atoms with Crippen molar-refractivity contribution in [3.05, 3.63) is 18.2 Å². The Morgan fingerprint density at radius 2 is 1.32 bits per heavy atom. The maximum Gasteiger partial charge on any atom is 0.257 e. The van der Waals surface area contributed by atoms with Gasteiger partial charge in [0.15, 0.2) is 0 Å². The zero-order chi connectivity index (χ0) is 16.0. The largest absolute Gasteiger partial charge is 0.257 e. The molecule has 0 bridgehead atoms. The van der Waals surface area contributed by atoms with Crippen molar-refractivity contribution >= 4 is 0 Å². The number of H-pyrrole nitrogens is 1. The first kappa shape index (κ1) is 19.3. The van der Waals surface area contributed by atoms with Crippen LogP contribution in [0.5, 0.6) is 0 Å². The Labute approximate surface area is 138 Å². The predicted octanol–water partition coefficient (Wildman–Crippen LogP) is 6.03. The molecule has 1 rings (SSSR count). The molecule has 0 aliphatic heterocycles. The summed E-state index contributed by atoms with van der Waals surface area (Å²) in [6.45, 7) is 4.58. The van der Waals surface area contributed by atoms with Crippen LogP contribution in [0.25, 0.3) is 0 Å². The highest BCUT2D eigenvalue weighted by atomic mass is 15.0. The molecule has 0 unspecified atom stereocenters. The SMILES string of the molecule is CCCCCCCC[C@H](CCCCCCC)c1[nH]cc[n+]1C. The van der Waals surface area contributed by atoms with Crippen LogP contribution in [0.2, 0.25) is 0 Å². The van der Waals surface area contributed by atoms with Gasteiger partial charge in [-0.3, -0.25) is 0 Å². The zero-order valence-electron chi connectivity index (χ0n) is 15.4. The van der Waals surface area contributed by atoms with Crippen molar-refractivity contribution in [3.8, 4) is 0 Å². The minimum absolute atomic E-state index is 0.729. The second-order valence-electron chi connectivity index (χ2n) is 6.91. The number of imidazole rings is 1. The Bertz CT molecular complexity index is 356. The van der Waals surface area contributed by atoms with E-state index in [4.69, 9.17) is 0 Å². The molecule has 0 saturated carbocycles. The van der Waals surface area contributed by atoms with Gasteiger partial charge in [0.05, 0.1) is 13.0 Å². The van der Waals surface area contributed by atoms with Gasteiger partial charge in [-0.1, -0.05) is 84.5 Å². The molecule has 1 heterocycles. The van der Waals surface area contributed by atoms with Crippen LogP contribution in [-0.4, -0.2) is 4.98 Å². The van der Waals surface area contributed by atoms with E-state index in [-0.39, 0.29) is 0 Å². The molecule has 0 aliphatic carbocycles. The lowest BCUT2D eigenvalue weighted by molar-refractivity contribution is -0.679. The van der Waals surface area contributed by atoms with E-state index in [2.05, 4.69) is 42.8 Å². The maximum atomic E-state index is 3.48. The van der Waals surface area contributed by atoms with Gasteiger partial charge in [0, 0.05) is 0 Å². The van der Waals surface area contributed by atoms with E-state index < -0.39 is 0 Å². The van der Waals surface area contributed by atoms with Crippen LogP contribution < -0.4 is 4.57 Å². The van der Waals surface area contributed by atoms with Gasteiger partial charge in [-0.2, -0.15) is 0 Å². The summed E-state index contributed by atoms with van der Waals surface area (Å²) in [5.41, 5.74) is 0. The van der Waals surface area contributed by atoms with Gasteiger partial charge in [-0.05, 0) is 12.8 Å². The Kier molecular flexibility index (Phi) is 11.1. The number of nitrogens with zero attached hydrogens (tertiary/aromatic N) is 1.